The molecule has 2 heterocycles. The van der Waals surface area contributed by atoms with Crippen LogP contribution in [0.5, 0.6) is 17.2 Å². The van der Waals surface area contributed by atoms with Crippen molar-refractivity contribution in [3.8, 4) is 17.2 Å². The zero-order valence-corrected chi connectivity index (χ0v) is 23.9. The molecule has 3 aromatic carbocycles. The van der Waals surface area contributed by atoms with E-state index in [1.54, 1.807) is 55.2 Å². The summed E-state index contributed by atoms with van der Waals surface area (Å²) < 4.78 is 18.0. The molecule has 1 aliphatic rings. The number of hydrogen-bond donors (Lipinski definition) is 2. The molecule has 1 aliphatic heterocycles. The predicted molar refractivity (Wildman–Crippen MR) is 161 cm³/mol. The van der Waals surface area contributed by atoms with Crippen molar-refractivity contribution in [3.63, 3.8) is 0 Å². The fraction of sp³-hybridized carbons (Fsp3) is 0.258. The van der Waals surface area contributed by atoms with Gasteiger partial charge in [0, 0.05) is 19.5 Å². The third-order valence-electron chi connectivity index (χ3n) is 7.17. The summed E-state index contributed by atoms with van der Waals surface area (Å²) in [4.78, 5) is 49.8. The van der Waals surface area contributed by atoms with Crippen molar-refractivity contribution in [2.45, 2.75) is 19.4 Å². The van der Waals surface area contributed by atoms with E-state index >= 15 is 0 Å². The molecule has 4 aromatic rings. The van der Waals surface area contributed by atoms with Crippen LogP contribution in [-0.4, -0.2) is 66.1 Å². The summed E-state index contributed by atoms with van der Waals surface area (Å²) in [5, 5.41) is 0.492. The Morgan fingerprint density at radius 2 is 1.63 bits per heavy atom. The van der Waals surface area contributed by atoms with E-state index in [9.17, 15) is 14.4 Å². The largest absolute Gasteiger partial charge is 0.493 e. The van der Waals surface area contributed by atoms with Gasteiger partial charge in [-0.1, -0.05) is 18.2 Å². The number of para-hydroxylation sites is 1. The van der Waals surface area contributed by atoms with Crippen LogP contribution < -0.4 is 31.2 Å². The van der Waals surface area contributed by atoms with E-state index in [4.69, 9.17) is 30.7 Å². The molecule has 2 amide bonds. The molecule has 5 rings (SSSR count). The standard InChI is InChI=1S/C31H32N6O6/c1-41-25-10-7-19(17-26(25)42-2)11-14-36-27(35-24-6-4-3-5-22(24)29(36)39)12-15-37-28(38)21-9-8-20(18-23(21)30(37)40)43-16-13-34-31(32)33/h3-10,17-18H,11-16H2,1-2H3,(H4,32,33,34). The lowest BCUT2D eigenvalue weighted by atomic mass is 10.1. The number of hydrogen-bond acceptors (Lipinski definition) is 8. The highest BCUT2D eigenvalue weighted by atomic mass is 16.5. The van der Waals surface area contributed by atoms with Crippen LogP contribution in [0.2, 0.25) is 0 Å². The number of amides is 2. The lowest BCUT2D eigenvalue weighted by Crippen LogP contribution is -2.34. The first-order valence-electron chi connectivity index (χ1n) is 13.7. The fourth-order valence-corrected chi connectivity index (χ4v) is 5.03. The minimum atomic E-state index is -0.435. The van der Waals surface area contributed by atoms with Crippen LogP contribution in [0, 0.1) is 0 Å². The zero-order chi connectivity index (χ0) is 30.5. The molecule has 0 bridgehead atoms. The summed E-state index contributed by atoms with van der Waals surface area (Å²) in [5.74, 6) is 1.22. The molecule has 0 aliphatic carbocycles. The Bertz CT molecular complexity index is 1780. The van der Waals surface area contributed by atoms with Gasteiger partial charge in [-0.05, 0) is 54.4 Å². The number of aryl methyl sites for hydroxylation is 1. The summed E-state index contributed by atoms with van der Waals surface area (Å²) in [6.45, 7) is 0.847. The molecule has 0 fully saturated rings. The number of methoxy groups -OCH3 is 2. The van der Waals surface area contributed by atoms with Crippen molar-refractivity contribution in [1.29, 1.82) is 0 Å². The van der Waals surface area contributed by atoms with Crippen molar-refractivity contribution in [1.82, 2.24) is 14.5 Å². The fourth-order valence-electron chi connectivity index (χ4n) is 5.03. The molecule has 0 saturated heterocycles. The van der Waals surface area contributed by atoms with E-state index in [2.05, 4.69) is 4.99 Å². The van der Waals surface area contributed by atoms with Gasteiger partial charge in [0.25, 0.3) is 17.4 Å². The number of imide groups is 1. The first kappa shape index (κ1) is 29.1. The highest BCUT2D eigenvalue weighted by Gasteiger charge is 2.35. The molecule has 0 spiro atoms. The van der Waals surface area contributed by atoms with Gasteiger partial charge in [0.1, 0.15) is 18.2 Å². The second-order valence-electron chi connectivity index (χ2n) is 9.82. The Labute approximate surface area is 247 Å². The Hall–Kier alpha value is -5.39. The summed E-state index contributed by atoms with van der Waals surface area (Å²) >= 11 is 0. The van der Waals surface area contributed by atoms with Gasteiger partial charge in [-0.25, -0.2) is 4.98 Å². The topological polar surface area (TPSA) is 164 Å². The monoisotopic (exact) mass is 584 g/mol. The van der Waals surface area contributed by atoms with Crippen LogP contribution in [-0.2, 0) is 19.4 Å². The van der Waals surface area contributed by atoms with Crippen molar-refractivity contribution < 1.29 is 23.8 Å². The maximum absolute atomic E-state index is 13.6. The van der Waals surface area contributed by atoms with E-state index in [0.717, 1.165) is 5.56 Å². The number of aliphatic imine (C=N–C) groups is 1. The van der Waals surface area contributed by atoms with Crippen molar-refractivity contribution >= 4 is 28.7 Å². The first-order valence-corrected chi connectivity index (χ1v) is 13.7. The maximum atomic E-state index is 13.6. The molecule has 0 unspecified atom stereocenters. The Morgan fingerprint density at radius 1 is 0.860 bits per heavy atom. The highest BCUT2D eigenvalue weighted by molar-refractivity contribution is 6.21. The quantitative estimate of drug-likeness (QED) is 0.110. The molecule has 0 radical (unpaired) electrons. The van der Waals surface area contributed by atoms with Crippen LogP contribution in [0.1, 0.15) is 32.1 Å². The van der Waals surface area contributed by atoms with Gasteiger partial charge >= 0.3 is 0 Å². The summed E-state index contributed by atoms with van der Waals surface area (Å²) in [7, 11) is 3.14. The van der Waals surface area contributed by atoms with Crippen LogP contribution >= 0.6 is 0 Å². The van der Waals surface area contributed by atoms with Gasteiger partial charge in [-0.15, -0.1) is 0 Å². The highest BCUT2D eigenvalue weighted by Crippen LogP contribution is 2.29. The third kappa shape index (κ3) is 6.13. The number of carbonyl (C=O) groups is 2. The van der Waals surface area contributed by atoms with Gasteiger partial charge in [0.05, 0.1) is 42.8 Å². The number of benzene rings is 3. The Morgan fingerprint density at radius 3 is 2.40 bits per heavy atom. The number of aromatic nitrogens is 2. The average molecular weight is 585 g/mol. The summed E-state index contributed by atoms with van der Waals surface area (Å²) in [6, 6.07) is 17.5. The number of nitrogens with two attached hydrogens (primary N) is 2. The third-order valence-corrected chi connectivity index (χ3v) is 7.17. The lowest BCUT2D eigenvalue weighted by molar-refractivity contribution is 0.0655. The van der Waals surface area contributed by atoms with Crippen LogP contribution in [0.15, 0.2) is 70.5 Å². The van der Waals surface area contributed by atoms with Gasteiger partial charge in [-0.3, -0.25) is 28.8 Å². The minimum absolute atomic E-state index is 0.0405. The second-order valence-corrected chi connectivity index (χ2v) is 9.82. The molecule has 0 saturated carbocycles. The number of nitrogens with zero attached hydrogens (tertiary/aromatic N) is 4. The summed E-state index contributed by atoms with van der Waals surface area (Å²) in [5.41, 5.74) is 12.5. The van der Waals surface area contributed by atoms with Gasteiger partial charge in [-0.2, -0.15) is 0 Å². The molecular formula is C31H32N6O6. The van der Waals surface area contributed by atoms with Crippen molar-refractivity contribution in [2.24, 2.45) is 16.5 Å². The molecular weight excluding hydrogens is 552 g/mol. The van der Waals surface area contributed by atoms with E-state index in [-0.39, 0.29) is 43.2 Å². The molecule has 12 nitrogen and oxygen atoms in total. The van der Waals surface area contributed by atoms with E-state index < -0.39 is 11.8 Å². The van der Waals surface area contributed by atoms with Gasteiger partial charge in [0.2, 0.25) is 0 Å². The van der Waals surface area contributed by atoms with E-state index in [1.807, 2.05) is 24.3 Å². The first-order chi connectivity index (χ1) is 20.8. The number of carbonyl (C=O) groups excluding carboxylic acids is 2. The van der Waals surface area contributed by atoms with Crippen molar-refractivity contribution in [2.75, 3.05) is 33.9 Å². The van der Waals surface area contributed by atoms with Crippen LogP contribution in [0.4, 0.5) is 0 Å². The van der Waals surface area contributed by atoms with E-state index in [0.29, 0.717) is 52.5 Å². The number of rotatable bonds is 12. The van der Waals surface area contributed by atoms with Crippen LogP contribution in [0.25, 0.3) is 10.9 Å². The minimum Gasteiger partial charge on any atom is -0.493 e. The number of fused-ring (bicyclic) bond motifs is 2. The Kier molecular flexibility index (Phi) is 8.56. The number of guanidine groups is 1. The normalized spacial score (nSPS) is 12.4. The van der Waals surface area contributed by atoms with Crippen LogP contribution in [0.3, 0.4) is 0 Å². The van der Waals surface area contributed by atoms with E-state index in [1.165, 1.54) is 4.90 Å². The maximum Gasteiger partial charge on any atom is 0.261 e. The van der Waals surface area contributed by atoms with Gasteiger partial charge in [0.15, 0.2) is 17.5 Å². The van der Waals surface area contributed by atoms with Crippen molar-refractivity contribution in [3.05, 3.63) is 93.5 Å². The van der Waals surface area contributed by atoms with Gasteiger partial charge < -0.3 is 25.7 Å². The zero-order valence-electron chi connectivity index (χ0n) is 23.9. The summed E-state index contributed by atoms with van der Waals surface area (Å²) in [6.07, 6.45) is 0.714. The molecule has 12 heteroatoms. The number of ether oxygens (including phenoxy) is 3. The Balaban J connectivity index is 1.36. The SMILES string of the molecule is COc1ccc(CCn2c(CCN3C(=O)c4ccc(OCCN=C(N)N)cc4C3=O)nc3ccccc3c2=O)cc1OC. The molecule has 4 N–H and O–H groups in total. The molecule has 222 valence electrons. The molecule has 1 aromatic heterocycles. The lowest BCUT2D eigenvalue weighted by Gasteiger charge is -2.17. The predicted octanol–water partition coefficient (Wildman–Crippen LogP) is 2.15. The molecule has 43 heavy (non-hydrogen) atoms. The second kappa shape index (κ2) is 12.6. The molecule has 0 atom stereocenters. The average Bonchev–Trinajstić information content (AvgIpc) is 3.25. The smallest absolute Gasteiger partial charge is 0.261 e.